The van der Waals surface area contributed by atoms with Gasteiger partial charge in [0.2, 0.25) is 0 Å². The Hall–Kier alpha value is -2.98. The summed E-state index contributed by atoms with van der Waals surface area (Å²) in [4.78, 5) is 24.5. The summed E-state index contributed by atoms with van der Waals surface area (Å²) < 4.78 is 28.8. The van der Waals surface area contributed by atoms with Gasteiger partial charge in [0.25, 0.3) is 21.6 Å². The maximum absolute atomic E-state index is 12.6. The first kappa shape index (κ1) is 19.8. The Morgan fingerprint density at radius 3 is 2.54 bits per heavy atom. The van der Waals surface area contributed by atoms with E-state index in [1.807, 2.05) is 0 Å². The summed E-state index contributed by atoms with van der Waals surface area (Å²) in [6.07, 6.45) is 1.49. The van der Waals surface area contributed by atoms with Crippen LogP contribution in [-0.2, 0) is 14.8 Å². The molecule has 0 radical (unpaired) electrons. The predicted octanol–water partition coefficient (Wildman–Crippen LogP) is 3.28. The van der Waals surface area contributed by atoms with E-state index in [1.54, 1.807) is 31.2 Å². The summed E-state index contributed by atoms with van der Waals surface area (Å²) in [7, 11) is -3.97. The van der Waals surface area contributed by atoms with E-state index < -0.39 is 20.9 Å². The Bertz CT molecular complexity index is 1100. The molecule has 3 rings (SSSR count). The molecule has 1 aliphatic heterocycles. The van der Waals surface area contributed by atoms with Crippen molar-refractivity contribution in [3.63, 3.8) is 0 Å². The highest BCUT2D eigenvalue weighted by Crippen LogP contribution is 2.33. The van der Waals surface area contributed by atoms with Crippen LogP contribution in [0.4, 0.5) is 5.69 Å². The zero-order chi connectivity index (χ0) is 20.3. The Kier molecular flexibility index (Phi) is 5.61. The van der Waals surface area contributed by atoms with E-state index in [0.717, 1.165) is 11.8 Å². The van der Waals surface area contributed by atoms with Crippen molar-refractivity contribution >= 4 is 44.6 Å². The van der Waals surface area contributed by atoms with Gasteiger partial charge in [-0.3, -0.25) is 19.8 Å². The van der Waals surface area contributed by atoms with Crippen LogP contribution in [0, 0.1) is 10.1 Å². The summed E-state index contributed by atoms with van der Waals surface area (Å²) in [5.74, 6) is -0.402. The zero-order valence-corrected chi connectivity index (χ0v) is 16.3. The molecule has 8 nitrogen and oxygen atoms in total. The minimum absolute atomic E-state index is 0.0303. The molecule has 10 heteroatoms. The van der Waals surface area contributed by atoms with Gasteiger partial charge in [-0.15, -0.1) is 4.40 Å². The van der Waals surface area contributed by atoms with Crippen LogP contribution in [0.5, 0.6) is 0 Å². The molecule has 0 saturated carbocycles. The third kappa shape index (κ3) is 4.12. The van der Waals surface area contributed by atoms with E-state index >= 15 is 0 Å². The highest BCUT2D eigenvalue weighted by Gasteiger charge is 2.34. The fourth-order valence-corrected chi connectivity index (χ4v) is 4.75. The second kappa shape index (κ2) is 7.95. The summed E-state index contributed by atoms with van der Waals surface area (Å²) in [6.45, 7) is 1.95. The van der Waals surface area contributed by atoms with Crippen molar-refractivity contribution < 1.29 is 18.1 Å². The van der Waals surface area contributed by atoms with Crippen molar-refractivity contribution in [1.29, 1.82) is 0 Å². The van der Waals surface area contributed by atoms with Crippen LogP contribution >= 0.6 is 11.8 Å². The third-order valence-corrected chi connectivity index (χ3v) is 6.23. The molecule has 0 N–H and O–H groups in total. The van der Waals surface area contributed by atoms with Crippen LogP contribution in [0.25, 0.3) is 6.08 Å². The normalized spacial score (nSPS) is 17.5. The largest absolute Gasteiger partial charge is 0.286 e. The first-order valence-electron chi connectivity index (χ1n) is 8.17. The fraction of sp³-hybridized carbons (Fsp3) is 0.111. The van der Waals surface area contributed by atoms with Crippen molar-refractivity contribution in [2.24, 2.45) is 4.40 Å². The molecule has 0 bridgehead atoms. The molecule has 1 fully saturated rings. The van der Waals surface area contributed by atoms with Crippen LogP contribution in [0.15, 0.2) is 68.8 Å². The molecular formula is C18H15N3O5S2. The van der Waals surface area contributed by atoms with Gasteiger partial charge in [0.15, 0.2) is 5.17 Å². The molecule has 1 heterocycles. The standard InChI is InChI=1S/C18H15N3O5S2/c1-2-20-17(22)16(12-13-7-6-8-14(11-13)21(23)24)27-18(20)19-28(25,26)15-9-4-3-5-10-15/h3-12H,2H2,1H3/b16-12-,19-18?. The summed E-state index contributed by atoms with van der Waals surface area (Å²) in [6, 6.07) is 13.6. The monoisotopic (exact) mass is 417 g/mol. The molecule has 144 valence electrons. The van der Waals surface area contributed by atoms with Gasteiger partial charge in [0.1, 0.15) is 0 Å². The predicted molar refractivity (Wildman–Crippen MR) is 107 cm³/mol. The maximum atomic E-state index is 12.6. The zero-order valence-electron chi connectivity index (χ0n) is 14.7. The van der Waals surface area contributed by atoms with E-state index in [9.17, 15) is 23.3 Å². The van der Waals surface area contributed by atoms with Crippen molar-refractivity contribution in [3.05, 3.63) is 75.2 Å². The molecule has 1 amide bonds. The highest BCUT2D eigenvalue weighted by molar-refractivity contribution is 8.19. The highest BCUT2D eigenvalue weighted by atomic mass is 32.2. The van der Waals surface area contributed by atoms with E-state index in [2.05, 4.69) is 4.40 Å². The molecule has 0 unspecified atom stereocenters. The number of nitro groups is 1. The molecule has 0 spiro atoms. The lowest BCUT2D eigenvalue weighted by molar-refractivity contribution is -0.384. The van der Waals surface area contributed by atoms with Crippen molar-refractivity contribution in [3.8, 4) is 0 Å². The number of non-ortho nitro benzene ring substituents is 1. The lowest BCUT2D eigenvalue weighted by Crippen LogP contribution is -2.29. The number of rotatable bonds is 5. The average molecular weight is 417 g/mol. The Balaban J connectivity index is 1.97. The van der Waals surface area contributed by atoms with Crippen molar-refractivity contribution in [1.82, 2.24) is 4.90 Å². The number of nitrogens with zero attached hydrogens (tertiary/aromatic N) is 3. The minimum Gasteiger partial charge on any atom is -0.286 e. The maximum Gasteiger partial charge on any atom is 0.284 e. The van der Waals surface area contributed by atoms with E-state index in [0.29, 0.717) is 5.56 Å². The van der Waals surface area contributed by atoms with Crippen LogP contribution in [0.1, 0.15) is 12.5 Å². The Morgan fingerprint density at radius 1 is 1.18 bits per heavy atom. The summed E-state index contributed by atoms with van der Waals surface area (Å²) in [5, 5.41) is 11.0. The number of amides is 1. The number of carbonyl (C=O) groups excluding carboxylic acids is 1. The van der Waals surface area contributed by atoms with Gasteiger partial charge in [0.05, 0.1) is 14.7 Å². The van der Waals surface area contributed by atoms with Crippen LogP contribution in [-0.4, -0.2) is 35.9 Å². The number of thioether (sulfide) groups is 1. The first-order valence-corrected chi connectivity index (χ1v) is 10.4. The lowest BCUT2D eigenvalue weighted by atomic mass is 10.2. The Labute approximate surface area is 165 Å². The molecule has 1 aliphatic rings. The number of benzene rings is 2. The van der Waals surface area contributed by atoms with Crippen molar-refractivity contribution in [2.45, 2.75) is 11.8 Å². The molecule has 2 aromatic rings. The number of carbonyl (C=O) groups is 1. The van der Waals surface area contributed by atoms with Gasteiger partial charge >= 0.3 is 0 Å². The first-order chi connectivity index (χ1) is 13.3. The molecule has 2 aromatic carbocycles. The minimum atomic E-state index is -3.97. The third-order valence-electron chi connectivity index (χ3n) is 3.82. The Morgan fingerprint density at radius 2 is 1.89 bits per heavy atom. The molecular weight excluding hydrogens is 402 g/mol. The van der Waals surface area contributed by atoms with E-state index in [4.69, 9.17) is 0 Å². The number of nitro benzene ring substituents is 1. The van der Waals surface area contributed by atoms with Gasteiger partial charge in [-0.25, -0.2) is 0 Å². The van der Waals surface area contributed by atoms with E-state index in [-0.39, 0.29) is 27.2 Å². The van der Waals surface area contributed by atoms with Gasteiger partial charge in [-0.2, -0.15) is 8.42 Å². The molecule has 0 aromatic heterocycles. The number of sulfonamides is 1. The second-order valence-electron chi connectivity index (χ2n) is 5.67. The smallest absolute Gasteiger partial charge is 0.284 e. The fourth-order valence-electron chi connectivity index (χ4n) is 2.48. The SMILES string of the molecule is CCN1C(=O)/C(=C/c2cccc([N+](=O)[O-])c2)SC1=NS(=O)(=O)c1ccccc1. The number of amidine groups is 1. The second-order valence-corrected chi connectivity index (χ2v) is 8.29. The summed E-state index contributed by atoms with van der Waals surface area (Å²) >= 11 is 0.921. The lowest BCUT2D eigenvalue weighted by Gasteiger charge is -2.11. The van der Waals surface area contributed by atoms with E-state index in [1.165, 1.54) is 41.3 Å². The van der Waals surface area contributed by atoms with Gasteiger partial charge in [-0.05, 0) is 42.5 Å². The molecule has 1 saturated heterocycles. The number of hydrogen-bond acceptors (Lipinski definition) is 6. The quantitative estimate of drug-likeness (QED) is 0.419. The van der Waals surface area contributed by atoms with Gasteiger partial charge < -0.3 is 0 Å². The van der Waals surface area contributed by atoms with Gasteiger partial charge in [0, 0.05) is 18.7 Å². The molecule has 28 heavy (non-hydrogen) atoms. The van der Waals surface area contributed by atoms with Crippen LogP contribution < -0.4 is 0 Å². The number of likely N-dealkylation sites (N-methyl/N-ethyl adjacent to an activating group) is 1. The van der Waals surface area contributed by atoms with Gasteiger partial charge in [-0.1, -0.05) is 30.3 Å². The average Bonchev–Trinajstić information content (AvgIpc) is 2.96. The van der Waals surface area contributed by atoms with Crippen molar-refractivity contribution in [2.75, 3.05) is 6.54 Å². The number of hydrogen-bond donors (Lipinski definition) is 0. The van der Waals surface area contributed by atoms with Crippen LogP contribution in [0.2, 0.25) is 0 Å². The molecule has 0 aliphatic carbocycles. The van der Waals surface area contributed by atoms with Crippen LogP contribution in [0.3, 0.4) is 0 Å². The topological polar surface area (TPSA) is 110 Å². The molecule has 0 atom stereocenters. The summed E-state index contributed by atoms with van der Waals surface area (Å²) in [5.41, 5.74) is 0.367.